The summed E-state index contributed by atoms with van der Waals surface area (Å²) in [5.41, 5.74) is 5.40. The molecule has 0 saturated heterocycles. The number of para-hydroxylation sites is 2. The van der Waals surface area contributed by atoms with Crippen LogP contribution in [0.15, 0.2) is 41.5 Å². The summed E-state index contributed by atoms with van der Waals surface area (Å²) in [5, 5.41) is 4.58. The number of hydrogen-bond acceptors (Lipinski definition) is 5. The van der Waals surface area contributed by atoms with E-state index in [1.54, 1.807) is 18.3 Å². The van der Waals surface area contributed by atoms with Gasteiger partial charge in [-0.2, -0.15) is 5.10 Å². The van der Waals surface area contributed by atoms with E-state index in [9.17, 15) is 0 Å². The third-order valence-corrected chi connectivity index (χ3v) is 3.69. The van der Waals surface area contributed by atoms with Crippen molar-refractivity contribution >= 4 is 47.2 Å². The molecule has 140 valence electrons. The van der Waals surface area contributed by atoms with E-state index >= 15 is 0 Å². The van der Waals surface area contributed by atoms with Gasteiger partial charge in [-0.1, -0.05) is 29.7 Å². The monoisotopic (exact) mass is 404 g/mol. The average Bonchev–Trinajstić information content (AvgIpc) is 3.04. The van der Waals surface area contributed by atoms with Crippen LogP contribution in [0.5, 0.6) is 11.5 Å². The number of rotatable bonds is 7. The first-order chi connectivity index (χ1) is 12.7. The van der Waals surface area contributed by atoms with Gasteiger partial charge in [-0.3, -0.25) is 0 Å². The van der Waals surface area contributed by atoms with Gasteiger partial charge >= 0.3 is 0 Å². The van der Waals surface area contributed by atoms with Crippen LogP contribution in [0.4, 0.5) is 5.95 Å². The molecule has 6 nitrogen and oxygen atoms in total. The number of fused-ring (bicyclic) bond motifs is 1. The highest BCUT2D eigenvalue weighted by molar-refractivity contribution is 6.32. The molecule has 27 heavy (non-hydrogen) atoms. The van der Waals surface area contributed by atoms with Crippen molar-refractivity contribution in [1.82, 2.24) is 9.97 Å². The van der Waals surface area contributed by atoms with Crippen molar-refractivity contribution in [1.29, 1.82) is 0 Å². The van der Waals surface area contributed by atoms with E-state index in [2.05, 4.69) is 26.4 Å². The third-order valence-electron chi connectivity index (χ3n) is 3.40. The zero-order valence-corrected chi connectivity index (χ0v) is 16.1. The van der Waals surface area contributed by atoms with Gasteiger partial charge in [-0.25, -0.2) is 10.4 Å². The van der Waals surface area contributed by atoms with Crippen molar-refractivity contribution in [2.45, 2.75) is 6.92 Å². The highest BCUT2D eigenvalue weighted by Crippen LogP contribution is 2.36. The van der Waals surface area contributed by atoms with Crippen LogP contribution >= 0.6 is 24.0 Å². The smallest absolute Gasteiger partial charge is 0.222 e. The molecule has 0 bridgehead atoms. The van der Waals surface area contributed by atoms with Crippen LogP contribution in [-0.4, -0.2) is 29.4 Å². The van der Waals surface area contributed by atoms with Crippen LogP contribution in [0.2, 0.25) is 5.02 Å². The maximum Gasteiger partial charge on any atom is 0.222 e. The number of hydrogen-bond donors (Lipinski definition) is 2. The van der Waals surface area contributed by atoms with E-state index < -0.39 is 0 Å². The SMILES string of the molecule is C#CCOc1c(Cl)cc(/C=N/Nc2nc3ccccc3[nH]2)cc1OCC.Cl. The minimum Gasteiger partial charge on any atom is -0.490 e. The van der Waals surface area contributed by atoms with E-state index in [-0.39, 0.29) is 19.0 Å². The number of imidazole rings is 1. The molecule has 1 heterocycles. The molecule has 1 aromatic heterocycles. The minimum atomic E-state index is 0. The molecule has 0 aliphatic carbocycles. The molecule has 0 atom stereocenters. The molecular weight excluding hydrogens is 387 g/mol. The van der Waals surface area contributed by atoms with Gasteiger partial charge in [0.25, 0.3) is 0 Å². The summed E-state index contributed by atoms with van der Waals surface area (Å²) in [6, 6.07) is 11.2. The van der Waals surface area contributed by atoms with Crippen molar-refractivity contribution in [2.75, 3.05) is 18.6 Å². The third kappa shape index (κ3) is 5.07. The van der Waals surface area contributed by atoms with Crippen molar-refractivity contribution in [3.8, 4) is 23.8 Å². The normalized spacial score (nSPS) is 10.4. The lowest BCUT2D eigenvalue weighted by atomic mass is 10.2. The van der Waals surface area contributed by atoms with Gasteiger partial charge in [-0.15, -0.1) is 18.8 Å². The Morgan fingerprint density at radius 1 is 1.33 bits per heavy atom. The Balaban J connectivity index is 0.00000261. The fraction of sp³-hybridized carbons (Fsp3) is 0.158. The molecule has 0 spiro atoms. The molecule has 2 aromatic carbocycles. The first-order valence-electron chi connectivity index (χ1n) is 7.97. The van der Waals surface area contributed by atoms with Crippen molar-refractivity contribution in [2.24, 2.45) is 5.10 Å². The van der Waals surface area contributed by atoms with Gasteiger partial charge in [0.1, 0.15) is 6.61 Å². The van der Waals surface area contributed by atoms with Gasteiger partial charge in [0.2, 0.25) is 5.95 Å². The van der Waals surface area contributed by atoms with E-state index in [1.165, 1.54) is 0 Å². The highest BCUT2D eigenvalue weighted by Gasteiger charge is 2.12. The molecule has 0 amide bonds. The van der Waals surface area contributed by atoms with Crippen LogP contribution in [0.25, 0.3) is 11.0 Å². The molecule has 0 unspecified atom stereocenters. The van der Waals surface area contributed by atoms with E-state index in [1.807, 2.05) is 31.2 Å². The molecule has 2 N–H and O–H groups in total. The van der Waals surface area contributed by atoms with Crippen molar-refractivity contribution in [3.63, 3.8) is 0 Å². The van der Waals surface area contributed by atoms with E-state index in [0.29, 0.717) is 29.1 Å². The molecule has 0 saturated carbocycles. The highest BCUT2D eigenvalue weighted by atomic mass is 35.5. The molecular formula is C19H18Cl2N4O2. The lowest BCUT2D eigenvalue weighted by Gasteiger charge is -2.12. The zero-order chi connectivity index (χ0) is 18.4. The minimum absolute atomic E-state index is 0. The first kappa shape index (κ1) is 20.4. The molecule has 8 heteroatoms. The maximum absolute atomic E-state index is 6.28. The van der Waals surface area contributed by atoms with E-state index in [0.717, 1.165) is 16.6 Å². The number of ether oxygens (including phenoxy) is 2. The molecule has 3 aromatic rings. The summed E-state index contributed by atoms with van der Waals surface area (Å²) in [7, 11) is 0. The number of nitrogens with one attached hydrogen (secondary N) is 2. The fourth-order valence-corrected chi connectivity index (χ4v) is 2.63. The maximum atomic E-state index is 6.28. The van der Waals surface area contributed by atoms with Gasteiger partial charge in [0.15, 0.2) is 11.5 Å². The second kappa shape index (κ2) is 9.72. The molecule has 0 aliphatic rings. The number of aromatic amines is 1. The number of benzene rings is 2. The number of halogens is 2. The molecule has 0 fully saturated rings. The Hall–Kier alpha value is -2.88. The summed E-state index contributed by atoms with van der Waals surface area (Å²) in [6.45, 7) is 2.46. The Kier molecular flexibility index (Phi) is 7.35. The predicted molar refractivity (Wildman–Crippen MR) is 112 cm³/mol. The Bertz CT molecular complexity index is 946. The number of H-pyrrole nitrogens is 1. The van der Waals surface area contributed by atoms with Crippen LogP contribution in [-0.2, 0) is 0 Å². The molecule has 3 rings (SSSR count). The Labute approximate surface area is 168 Å². The van der Waals surface area contributed by atoms with Crippen LogP contribution in [0.1, 0.15) is 12.5 Å². The summed E-state index contributed by atoms with van der Waals surface area (Å²) < 4.78 is 11.0. The zero-order valence-electron chi connectivity index (χ0n) is 14.5. The largest absolute Gasteiger partial charge is 0.490 e. The van der Waals surface area contributed by atoms with Crippen LogP contribution < -0.4 is 14.9 Å². The lowest BCUT2D eigenvalue weighted by Crippen LogP contribution is -2.01. The van der Waals surface area contributed by atoms with Gasteiger partial charge in [0.05, 0.1) is 28.9 Å². The topological polar surface area (TPSA) is 71.5 Å². The number of terminal acetylenes is 1. The summed E-state index contributed by atoms with van der Waals surface area (Å²) in [5.74, 6) is 3.90. The van der Waals surface area contributed by atoms with Crippen LogP contribution in [0.3, 0.4) is 0 Å². The second-order valence-electron chi connectivity index (χ2n) is 5.23. The summed E-state index contributed by atoms with van der Waals surface area (Å²) in [6.07, 6.45) is 6.85. The Morgan fingerprint density at radius 3 is 2.89 bits per heavy atom. The standard InChI is InChI=1S/C19H17ClN4O2.ClH/c1-3-9-26-18-14(20)10-13(11-17(18)25-4-2)12-21-24-19-22-15-7-5-6-8-16(15)23-19;/h1,5-8,10-12H,4,9H2,2H3,(H2,22,23,24);1H/b21-12+;. The van der Waals surface area contributed by atoms with Crippen molar-refractivity contribution < 1.29 is 9.47 Å². The van der Waals surface area contributed by atoms with Gasteiger partial charge < -0.3 is 14.5 Å². The van der Waals surface area contributed by atoms with Gasteiger partial charge in [-0.05, 0) is 36.8 Å². The second-order valence-corrected chi connectivity index (χ2v) is 5.64. The van der Waals surface area contributed by atoms with Gasteiger partial charge in [0, 0.05) is 0 Å². The van der Waals surface area contributed by atoms with Crippen molar-refractivity contribution in [3.05, 3.63) is 47.0 Å². The Morgan fingerprint density at radius 2 is 2.15 bits per heavy atom. The molecule has 0 aliphatic heterocycles. The van der Waals surface area contributed by atoms with E-state index in [4.69, 9.17) is 27.5 Å². The predicted octanol–water partition coefficient (Wildman–Crippen LogP) is 4.49. The number of anilines is 1. The fourth-order valence-electron chi connectivity index (χ4n) is 2.35. The number of nitrogens with zero attached hydrogens (tertiary/aromatic N) is 2. The summed E-state index contributed by atoms with van der Waals surface area (Å²) in [4.78, 5) is 7.52. The first-order valence-corrected chi connectivity index (χ1v) is 8.35. The quantitative estimate of drug-likeness (QED) is 0.345. The number of hydrazone groups is 1. The van der Waals surface area contributed by atoms with Crippen LogP contribution in [0, 0.1) is 12.3 Å². The number of aromatic nitrogens is 2. The molecule has 0 radical (unpaired) electrons. The lowest BCUT2D eigenvalue weighted by molar-refractivity contribution is 0.299. The summed E-state index contributed by atoms with van der Waals surface area (Å²) >= 11 is 6.28. The average molecular weight is 405 g/mol.